The average Bonchev–Trinajstić information content (AvgIpc) is 2.34. The minimum Gasteiger partial charge on any atom is -0.481 e. The highest BCUT2D eigenvalue weighted by Gasteiger charge is 2.20. The quantitative estimate of drug-likeness (QED) is 0.845. The van der Waals surface area contributed by atoms with Gasteiger partial charge in [0.1, 0.15) is 5.60 Å². The van der Waals surface area contributed by atoms with Crippen LogP contribution in [0.5, 0.6) is 0 Å². The van der Waals surface area contributed by atoms with Crippen LogP contribution in [0.4, 0.5) is 4.79 Å². The molecule has 0 aliphatic carbocycles. The molecule has 0 fully saturated rings. The number of aliphatic carboxylic acids is 1. The molecule has 1 amide bonds. The number of alkyl carbamates (subject to hydrolysis) is 1. The van der Waals surface area contributed by atoms with E-state index in [4.69, 9.17) is 9.84 Å². The van der Waals surface area contributed by atoms with Crippen LogP contribution in [0.3, 0.4) is 0 Å². The normalized spacial score (nSPS) is 12.5. The predicted molar refractivity (Wildman–Crippen MR) is 80.2 cm³/mol. The van der Waals surface area contributed by atoms with E-state index in [-0.39, 0.29) is 12.5 Å². The summed E-state index contributed by atoms with van der Waals surface area (Å²) in [4.78, 5) is 22.6. The fraction of sp³-hybridized carbons (Fsp3) is 0.500. The molecule has 2 N–H and O–H groups in total. The van der Waals surface area contributed by atoms with Crippen molar-refractivity contribution in [3.63, 3.8) is 0 Å². The number of nitrogens with one attached hydrogen (secondary N) is 1. The number of rotatable bonds is 6. The molecular weight excluding hydrogens is 270 g/mol. The summed E-state index contributed by atoms with van der Waals surface area (Å²) in [5.41, 5.74) is 0.470. The molecule has 0 saturated heterocycles. The van der Waals surface area contributed by atoms with Crippen molar-refractivity contribution in [3.8, 4) is 0 Å². The third-order valence-corrected chi connectivity index (χ3v) is 2.75. The van der Waals surface area contributed by atoms with Gasteiger partial charge in [0.15, 0.2) is 0 Å². The number of carbonyl (C=O) groups excluding carboxylic acids is 1. The van der Waals surface area contributed by atoms with E-state index in [9.17, 15) is 9.59 Å². The van der Waals surface area contributed by atoms with Gasteiger partial charge >= 0.3 is 12.1 Å². The summed E-state index contributed by atoms with van der Waals surface area (Å²) in [6, 6.07) is 9.37. The summed E-state index contributed by atoms with van der Waals surface area (Å²) >= 11 is 0. The van der Waals surface area contributed by atoms with E-state index in [2.05, 4.69) is 5.32 Å². The molecule has 0 saturated carbocycles. The molecular formula is C16H23NO4. The number of carbonyl (C=O) groups is 2. The zero-order valence-corrected chi connectivity index (χ0v) is 12.8. The fourth-order valence-corrected chi connectivity index (χ4v) is 1.90. The van der Waals surface area contributed by atoms with E-state index in [1.165, 1.54) is 0 Å². The van der Waals surface area contributed by atoms with Crippen LogP contribution in [0.15, 0.2) is 30.3 Å². The smallest absolute Gasteiger partial charge is 0.407 e. The Balaban J connectivity index is 2.63. The van der Waals surface area contributed by atoms with Crippen LogP contribution in [0.25, 0.3) is 0 Å². The standard InChI is InChI=1S/C16H23NO4/c1-16(2,3)21-15(20)17-13(9-10-14(18)19)11-12-7-5-4-6-8-12/h4-8,13H,9-11H2,1-3H3,(H,17,20)(H,18,19)/t13-/m0/s1. The van der Waals surface area contributed by atoms with Gasteiger partial charge < -0.3 is 15.2 Å². The highest BCUT2D eigenvalue weighted by Crippen LogP contribution is 2.11. The number of carboxylic acids is 1. The Bertz CT molecular complexity index is 465. The zero-order valence-electron chi connectivity index (χ0n) is 12.8. The highest BCUT2D eigenvalue weighted by molar-refractivity contribution is 5.69. The van der Waals surface area contributed by atoms with Crippen LogP contribution < -0.4 is 5.32 Å². The van der Waals surface area contributed by atoms with Gasteiger partial charge in [0.05, 0.1) is 0 Å². The van der Waals surface area contributed by atoms with Gasteiger partial charge in [0.2, 0.25) is 0 Å². The molecule has 0 bridgehead atoms. The average molecular weight is 293 g/mol. The van der Waals surface area contributed by atoms with E-state index in [1.54, 1.807) is 20.8 Å². The Labute approximate surface area is 125 Å². The second kappa shape index (κ2) is 7.67. The topological polar surface area (TPSA) is 75.6 Å². The Hall–Kier alpha value is -2.04. The van der Waals surface area contributed by atoms with Crippen LogP contribution in [0, 0.1) is 0 Å². The molecule has 0 unspecified atom stereocenters. The molecule has 5 nitrogen and oxygen atoms in total. The van der Waals surface area contributed by atoms with E-state index in [0.717, 1.165) is 5.56 Å². The van der Waals surface area contributed by atoms with Gasteiger partial charge in [-0.05, 0) is 39.2 Å². The summed E-state index contributed by atoms with van der Waals surface area (Å²) in [5, 5.41) is 11.6. The number of amides is 1. The van der Waals surface area contributed by atoms with Crippen molar-refractivity contribution in [3.05, 3.63) is 35.9 Å². The van der Waals surface area contributed by atoms with Gasteiger partial charge in [-0.15, -0.1) is 0 Å². The molecule has 1 atom stereocenters. The van der Waals surface area contributed by atoms with Crippen molar-refractivity contribution in [2.75, 3.05) is 0 Å². The van der Waals surface area contributed by atoms with Crippen LogP contribution in [0.1, 0.15) is 39.2 Å². The molecule has 0 spiro atoms. The van der Waals surface area contributed by atoms with Gasteiger partial charge in [-0.2, -0.15) is 0 Å². The molecule has 0 aliphatic heterocycles. The van der Waals surface area contributed by atoms with Crippen molar-refractivity contribution in [1.29, 1.82) is 0 Å². The first-order chi connectivity index (χ1) is 9.76. The SMILES string of the molecule is CC(C)(C)OC(=O)N[C@@H](CCC(=O)O)Cc1ccccc1. The van der Waals surface area contributed by atoms with Crippen LogP contribution >= 0.6 is 0 Å². The van der Waals surface area contributed by atoms with Crippen molar-refractivity contribution in [1.82, 2.24) is 5.32 Å². The fourth-order valence-electron chi connectivity index (χ4n) is 1.90. The molecule has 1 aromatic rings. The number of hydrogen-bond acceptors (Lipinski definition) is 3. The van der Waals surface area contributed by atoms with Gasteiger partial charge in [-0.1, -0.05) is 30.3 Å². The largest absolute Gasteiger partial charge is 0.481 e. The predicted octanol–water partition coefficient (Wildman–Crippen LogP) is 2.99. The molecule has 0 aliphatic rings. The van der Waals surface area contributed by atoms with Crippen molar-refractivity contribution >= 4 is 12.1 Å². The van der Waals surface area contributed by atoms with Gasteiger partial charge in [0.25, 0.3) is 0 Å². The molecule has 21 heavy (non-hydrogen) atoms. The highest BCUT2D eigenvalue weighted by atomic mass is 16.6. The van der Waals surface area contributed by atoms with Crippen molar-refractivity contribution < 1.29 is 19.4 Å². The number of benzene rings is 1. The summed E-state index contributed by atoms with van der Waals surface area (Å²) in [6.07, 6.45) is 0.429. The summed E-state index contributed by atoms with van der Waals surface area (Å²) in [6.45, 7) is 5.36. The maximum atomic E-state index is 11.8. The molecule has 116 valence electrons. The second-order valence-electron chi connectivity index (χ2n) is 5.97. The lowest BCUT2D eigenvalue weighted by Gasteiger charge is -2.23. The zero-order chi connectivity index (χ0) is 15.9. The Morgan fingerprint density at radius 2 is 1.86 bits per heavy atom. The number of carboxylic acid groups (broad SMARTS) is 1. The first kappa shape index (κ1) is 17.0. The van der Waals surface area contributed by atoms with Crippen molar-refractivity contribution in [2.24, 2.45) is 0 Å². The molecule has 0 radical (unpaired) electrons. The van der Waals surface area contributed by atoms with Gasteiger partial charge in [0, 0.05) is 12.5 Å². The molecule has 1 aromatic carbocycles. The lowest BCUT2D eigenvalue weighted by Crippen LogP contribution is -2.40. The first-order valence-corrected chi connectivity index (χ1v) is 7.01. The van der Waals surface area contributed by atoms with E-state index < -0.39 is 17.7 Å². The Kier molecular flexibility index (Phi) is 6.21. The first-order valence-electron chi connectivity index (χ1n) is 7.01. The monoisotopic (exact) mass is 293 g/mol. The number of hydrogen-bond donors (Lipinski definition) is 2. The van der Waals surface area contributed by atoms with Crippen LogP contribution in [-0.2, 0) is 16.0 Å². The molecule has 5 heteroatoms. The molecule has 0 aromatic heterocycles. The molecule has 1 rings (SSSR count). The summed E-state index contributed by atoms with van der Waals surface area (Å²) < 4.78 is 5.22. The van der Waals surface area contributed by atoms with Crippen LogP contribution in [0.2, 0.25) is 0 Å². The maximum Gasteiger partial charge on any atom is 0.407 e. The van der Waals surface area contributed by atoms with Gasteiger partial charge in [-0.3, -0.25) is 4.79 Å². The minimum atomic E-state index is -0.876. The van der Waals surface area contributed by atoms with Gasteiger partial charge in [-0.25, -0.2) is 4.79 Å². The Morgan fingerprint density at radius 1 is 1.24 bits per heavy atom. The van der Waals surface area contributed by atoms with Crippen molar-refractivity contribution in [2.45, 2.75) is 51.7 Å². The Morgan fingerprint density at radius 3 is 2.38 bits per heavy atom. The minimum absolute atomic E-state index is 0.00724. The maximum absolute atomic E-state index is 11.8. The second-order valence-corrected chi connectivity index (χ2v) is 5.97. The summed E-state index contributed by atoms with van der Waals surface area (Å²) in [5.74, 6) is -0.876. The summed E-state index contributed by atoms with van der Waals surface area (Å²) in [7, 11) is 0. The third-order valence-electron chi connectivity index (χ3n) is 2.75. The van der Waals surface area contributed by atoms with E-state index >= 15 is 0 Å². The van der Waals surface area contributed by atoms with Crippen LogP contribution in [-0.4, -0.2) is 28.8 Å². The van der Waals surface area contributed by atoms with E-state index in [0.29, 0.717) is 12.8 Å². The number of ether oxygens (including phenoxy) is 1. The molecule has 0 heterocycles. The van der Waals surface area contributed by atoms with E-state index in [1.807, 2.05) is 30.3 Å². The lowest BCUT2D eigenvalue weighted by atomic mass is 10.0. The lowest BCUT2D eigenvalue weighted by molar-refractivity contribution is -0.137. The third kappa shape index (κ3) is 7.97.